The number of benzene rings is 1. The van der Waals surface area contributed by atoms with Gasteiger partial charge in [0, 0.05) is 6.04 Å². The van der Waals surface area contributed by atoms with Crippen molar-refractivity contribution in [2.45, 2.75) is 13.0 Å². The van der Waals surface area contributed by atoms with Crippen LogP contribution in [-0.2, 0) is 0 Å². The van der Waals surface area contributed by atoms with E-state index in [1.165, 1.54) is 0 Å². The maximum Gasteiger partial charge on any atom is 0.115 e. The van der Waals surface area contributed by atoms with Crippen LogP contribution < -0.4 is 5.73 Å². The molecule has 0 heterocycles. The van der Waals surface area contributed by atoms with Crippen molar-refractivity contribution in [3.05, 3.63) is 29.8 Å². The van der Waals surface area contributed by atoms with Crippen LogP contribution in [0.5, 0.6) is 5.75 Å². The molecule has 3 heteroatoms. The summed E-state index contributed by atoms with van der Waals surface area (Å²) in [6.07, 6.45) is 0. The largest absolute Gasteiger partial charge is 0.508 e. The molecule has 0 aliphatic rings. The minimum atomic E-state index is 0. The number of phenols is 1. The van der Waals surface area contributed by atoms with Crippen LogP contribution in [0.3, 0.4) is 0 Å². The topological polar surface area (TPSA) is 46.2 Å². The molecule has 11 heavy (non-hydrogen) atoms. The van der Waals surface area contributed by atoms with Crippen LogP contribution >= 0.6 is 12.4 Å². The van der Waals surface area contributed by atoms with Gasteiger partial charge in [-0.2, -0.15) is 0 Å². The molecule has 1 rings (SSSR count). The first-order valence-electron chi connectivity index (χ1n) is 3.24. The normalized spacial score (nSPS) is 11.8. The third-order valence-corrected chi connectivity index (χ3v) is 1.42. The third-order valence-electron chi connectivity index (χ3n) is 1.42. The summed E-state index contributed by atoms with van der Waals surface area (Å²) in [5.41, 5.74) is 6.62. The molecule has 0 spiro atoms. The van der Waals surface area contributed by atoms with Gasteiger partial charge in [0.1, 0.15) is 5.75 Å². The van der Waals surface area contributed by atoms with Crippen LogP contribution in [-0.4, -0.2) is 5.11 Å². The first-order valence-corrected chi connectivity index (χ1v) is 3.24. The van der Waals surface area contributed by atoms with Gasteiger partial charge in [-0.1, -0.05) is 12.1 Å². The third kappa shape index (κ3) is 2.78. The minimum absolute atomic E-state index is 0. The lowest BCUT2D eigenvalue weighted by Gasteiger charge is -2.03. The number of nitrogens with two attached hydrogens (primary N) is 1. The number of phenolic OH excluding ortho intramolecular Hbond substituents is 1. The van der Waals surface area contributed by atoms with Gasteiger partial charge in [-0.15, -0.1) is 12.4 Å². The maximum atomic E-state index is 8.90. The van der Waals surface area contributed by atoms with E-state index in [1.54, 1.807) is 12.1 Å². The van der Waals surface area contributed by atoms with E-state index in [0.717, 1.165) is 5.56 Å². The van der Waals surface area contributed by atoms with Crippen molar-refractivity contribution in [2.75, 3.05) is 0 Å². The Labute approximate surface area is 72.4 Å². The van der Waals surface area contributed by atoms with Crippen molar-refractivity contribution in [1.29, 1.82) is 0 Å². The summed E-state index contributed by atoms with van der Waals surface area (Å²) in [5.74, 6) is 0.282. The van der Waals surface area contributed by atoms with E-state index < -0.39 is 0 Å². The van der Waals surface area contributed by atoms with Crippen LogP contribution in [0.4, 0.5) is 0 Å². The van der Waals surface area contributed by atoms with Crippen molar-refractivity contribution in [3.63, 3.8) is 0 Å². The fourth-order valence-corrected chi connectivity index (χ4v) is 0.778. The Balaban J connectivity index is 0.000001000. The molecule has 0 radical (unpaired) electrons. The van der Waals surface area contributed by atoms with E-state index in [0.29, 0.717) is 0 Å². The summed E-state index contributed by atoms with van der Waals surface area (Å²) in [4.78, 5) is 0. The van der Waals surface area contributed by atoms with Crippen molar-refractivity contribution >= 4 is 12.4 Å². The average Bonchev–Trinajstić information content (AvgIpc) is 1.88. The summed E-state index contributed by atoms with van der Waals surface area (Å²) in [6.45, 7) is 1.91. The molecule has 0 aliphatic heterocycles. The Kier molecular flexibility index (Phi) is 3.93. The molecule has 0 bridgehead atoms. The van der Waals surface area contributed by atoms with Crippen molar-refractivity contribution in [2.24, 2.45) is 5.73 Å². The molecule has 3 N–H and O–H groups in total. The van der Waals surface area contributed by atoms with Crippen molar-refractivity contribution < 1.29 is 5.11 Å². The zero-order valence-electron chi connectivity index (χ0n) is 6.32. The Morgan fingerprint density at radius 1 is 1.27 bits per heavy atom. The lowest BCUT2D eigenvalue weighted by Crippen LogP contribution is -2.03. The molecule has 0 aromatic heterocycles. The summed E-state index contributed by atoms with van der Waals surface area (Å²) in [6, 6.07) is 6.96. The molecule has 0 fully saturated rings. The summed E-state index contributed by atoms with van der Waals surface area (Å²) >= 11 is 0. The molecule has 0 aliphatic carbocycles. The van der Waals surface area contributed by atoms with Crippen LogP contribution in [0.25, 0.3) is 0 Å². The highest BCUT2D eigenvalue weighted by Gasteiger charge is 1.96. The summed E-state index contributed by atoms with van der Waals surface area (Å²) in [5, 5.41) is 8.90. The molecule has 0 unspecified atom stereocenters. The highest BCUT2D eigenvalue weighted by Crippen LogP contribution is 2.13. The van der Waals surface area contributed by atoms with Crippen LogP contribution in [0.15, 0.2) is 24.3 Å². The second-order valence-corrected chi connectivity index (χ2v) is 2.38. The average molecular weight is 174 g/mol. The Hall–Kier alpha value is -0.730. The number of aromatic hydroxyl groups is 1. The Morgan fingerprint density at radius 3 is 2.09 bits per heavy atom. The van der Waals surface area contributed by atoms with E-state index in [4.69, 9.17) is 10.8 Å². The maximum absolute atomic E-state index is 8.90. The molecule has 2 nitrogen and oxygen atoms in total. The lowest BCUT2D eigenvalue weighted by atomic mass is 10.1. The highest BCUT2D eigenvalue weighted by atomic mass is 35.5. The van der Waals surface area contributed by atoms with Crippen molar-refractivity contribution in [3.8, 4) is 5.75 Å². The second kappa shape index (κ2) is 4.21. The van der Waals surface area contributed by atoms with Gasteiger partial charge >= 0.3 is 0 Å². The number of halogens is 1. The van der Waals surface area contributed by atoms with Crippen LogP contribution in [0.1, 0.15) is 18.5 Å². The molecule has 0 saturated heterocycles. The standard InChI is InChI=1S/C8H11NO.ClH/c1-6(9)7-2-4-8(10)5-3-7;/h2-6,10H,9H2,1H3;1H/t6-;/m0./s1. The fraction of sp³-hybridized carbons (Fsp3) is 0.250. The van der Waals surface area contributed by atoms with E-state index in [9.17, 15) is 0 Å². The molecule has 1 aromatic carbocycles. The Morgan fingerprint density at radius 2 is 1.73 bits per heavy atom. The molecular formula is C8H12ClNO. The molecule has 0 amide bonds. The van der Waals surface area contributed by atoms with Gasteiger partial charge in [-0.05, 0) is 24.6 Å². The minimum Gasteiger partial charge on any atom is -0.508 e. The number of rotatable bonds is 1. The first-order chi connectivity index (χ1) is 4.70. The first kappa shape index (κ1) is 10.3. The van der Waals surface area contributed by atoms with Gasteiger partial charge in [0.25, 0.3) is 0 Å². The zero-order valence-corrected chi connectivity index (χ0v) is 7.14. The molecule has 0 saturated carbocycles. The van der Waals surface area contributed by atoms with E-state index in [2.05, 4.69) is 0 Å². The van der Waals surface area contributed by atoms with Gasteiger partial charge in [-0.25, -0.2) is 0 Å². The summed E-state index contributed by atoms with van der Waals surface area (Å²) in [7, 11) is 0. The van der Waals surface area contributed by atoms with Gasteiger partial charge in [0.15, 0.2) is 0 Å². The fourth-order valence-electron chi connectivity index (χ4n) is 0.778. The molecule has 1 aromatic rings. The van der Waals surface area contributed by atoms with Crippen LogP contribution in [0, 0.1) is 0 Å². The predicted molar refractivity (Wildman–Crippen MR) is 48.0 cm³/mol. The van der Waals surface area contributed by atoms with Crippen molar-refractivity contribution in [1.82, 2.24) is 0 Å². The van der Waals surface area contributed by atoms with Gasteiger partial charge in [-0.3, -0.25) is 0 Å². The monoisotopic (exact) mass is 173 g/mol. The lowest BCUT2D eigenvalue weighted by molar-refractivity contribution is 0.475. The van der Waals surface area contributed by atoms with E-state index in [1.807, 2.05) is 19.1 Å². The van der Waals surface area contributed by atoms with Gasteiger partial charge in [0.05, 0.1) is 0 Å². The quantitative estimate of drug-likeness (QED) is 0.681. The predicted octanol–water partition coefficient (Wildman–Crippen LogP) is 1.83. The number of hydrogen-bond donors (Lipinski definition) is 2. The SMILES string of the molecule is C[C@H](N)c1ccc(O)cc1.Cl. The molecule has 1 atom stereocenters. The smallest absolute Gasteiger partial charge is 0.115 e. The zero-order chi connectivity index (χ0) is 7.56. The number of hydrogen-bond acceptors (Lipinski definition) is 2. The van der Waals surface area contributed by atoms with E-state index >= 15 is 0 Å². The Bertz CT molecular complexity index is 208. The summed E-state index contributed by atoms with van der Waals surface area (Å²) < 4.78 is 0. The second-order valence-electron chi connectivity index (χ2n) is 2.38. The molecule has 62 valence electrons. The van der Waals surface area contributed by atoms with Gasteiger partial charge < -0.3 is 10.8 Å². The molecular weight excluding hydrogens is 162 g/mol. The van der Waals surface area contributed by atoms with E-state index in [-0.39, 0.29) is 24.2 Å². The highest BCUT2D eigenvalue weighted by molar-refractivity contribution is 5.85. The van der Waals surface area contributed by atoms with Gasteiger partial charge in [0.2, 0.25) is 0 Å². The van der Waals surface area contributed by atoms with Crippen LogP contribution in [0.2, 0.25) is 0 Å².